The lowest BCUT2D eigenvalue weighted by molar-refractivity contribution is 0.761. The van der Waals surface area contributed by atoms with Crippen molar-refractivity contribution >= 4 is 5.57 Å². The van der Waals surface area contributed by atoms with Crippen molar-refractivity contribution in [1.82, 2.24) is 0 Å². The Hall–Kier alpha value is -4.68. The monoisotopic (exact) mass is 512 g/mol. The highest BCUT2D eigenvalue weighted by Crippen LogP contribution is 2.59. The maximum atomic E-state index is 2.41. The highest BCUT2D eigenvalue weighted by Gasteiger charge is 2.48. The van der Waals surface area contributed by atoms with Gasteiger partial charge >= 0.3 is 0 Å². The van der Waals surface area contributed by atoms with Crippen LogP contribution in [0.4, 0.5) is 0 Å². The quantitative estimate of drug-likeness (QED) is 0.221. The topological polar surface area (TPSA) is 0 Å². The maximum Gasteiger partial charge on any atom is 0.0716 e. The molecule has 1 unspecified atom stereocenters. The summed E-state index contributed by atoms with van der Waals surface area (Å²) in [6.45, 7) is 6.60. The predicted molar refractivity (Wildman–Crippen MR) is 170 cm³/mol. The second-order valence-corrected chi connectivity index (χ2v) is 11.0. The molecule has 0 radical (unpaired) electrons. The van der Waals surface area contributed by atoms with E-state index in [1.807, 2.05) is 0 Å². The molecule has 192 valence electrons. The van der Waals surface area contributed by atoms with Gasteiger partial charge in [0.25, 0.3) is 0 Å². The van der Waals surface area contributed by atoms with Crippen molar-refractivity contribution < 1.29 is 0 Å². The average Bonchev–Trinajstić information content (AvgIpc) is 3.27. The predicted octanol–water partition coefficient (Wildman–Crippen LogP) is 10.2. The van der Waals surface area contributed by atoms with Crippen LogP contribution in [0.15, 0.2) is 145 Å². The summed E-state index contributed by atoms with van der Waals surface area (Å²) in [6.07, 6.45) is 9.18. The third-order valence-corrected chi connectivity index (χ3v) is 8.74. The van der Waals surface area contributed by atoms with E-state index in [9.17, 15) is 0 Å². The lowest BCUT2D eigenvalue weighted by Gasteiger charge is -2.37. The highest BCUT2D eigenvalue weighted by atomic mass is 14.5. The van der Waals surface area contributed by atoms with E-state index in [-0.39, 0.29) is 0 Å². The molecule has 2 aliphatic rings. The molecule has 0 N–H and O–H groups in total. The molecule has 0 fully saturated rings. The molecule has 0 amide bonds. The summed E-state index contributed by atoms with van der Waals surface area (Å²) >= 11 is 0. The zero-order valence-corrected chi connectivity index (χ0v) is 23.3. The van der Waals surface area contributed by atoms with Gasteiger partial charge in [-0.05, 0) is 93.6 Å². The van der Waals surface area contributed by atoms with Gasteiger partial charge in [-0.25, -0.2) is 0 Å². The number of allylic oxidation sites excluding steroid dienone is 5. The zero-order chi connectivity index (χ0) is 27.3. The van der Waals surface area contributed by atoms with Crippen molar-refractivity contribution in [1.29, 1.82) is 0 Å². The van der Waals surface area contributed by atoms with Crippen LogP contribution < -0.4 is 0 Å². The molecule has 5 aromatic carbocycles. The van der Waals surface area contributed by atoms with Crippen LogP contribution in [0.5, 0.6) is 0 Å². The molecule has 0 saturated heterocycles. The molecule has 2 aliphatic carbocycles. The summed E-state index contributed by atoms with van der Waals surface area (Å²) < 4.78 is 0. The molecular formula is C40H32. The summed E-state index contributed by atoms with van der Waals surface area (Å²) in [4.78, 5) is 0. The second kappa shape index (κ2) is 9.50. The summed E-state index contributed by atoms with van der Waals surface area (Å²) in [5, 5.41) is 0. The molecule has 0 nitrogen and oxygen atoms in total. The van der Waals surface area contributed by atoms with Gasteiger partial charge in [0.2, 0.25) is 0 Å². The van der Waals surface area contributed by atoms with Crippen molar-refractivity contribution in [3.05, 3.63) is 184 Å². The first-order valence-electron chi connectivity index (χ1n) is 14.2. The van der Waals surface area contributed by atoms with E-state index < -0.39 is 5.41 Å². The van der Waals surface area contributed by atoms with Crippen LogP contribution in [-0.2, 0) is 5.41 Å². The smallest absolute Gasteiger partial charge is 0.0716 e. The Kier molecular flexibility index (Phi) is 5.79. The van der Waals surface area contributed by atoms with Gasteiger partial charge in [0, 0.05) is 0 Å². The van der Waals surface area contributed by atoms with E-state index in [4.69, 9.17) is 0 Å². The lowest BCUT2D eigenvalue weighted by atomic mass is 9.64. The van der Waals surface area contributed by atoms with Crippen LogP contribution in [0.25, 0.3) is 27.8 Å². The largest absolute Gasteiger partial charge is 0.0828 e. The van der Waals surface area contributed by atoms with Gasteiger partial charge in [-0.3, -0.25) is 0 Å². The third-order valence-electron chi connectivity index (χ3n) is 8.74. The summed E-state index contributed by atoms with van der Waals surface area (Å²) in [6, 6.07) is 42.7. The molecular weight excluding hydrogens is 480 g/mol. The van der Waals surface area contributed by atoms with Crippen molar-refractivity contribution in [2.24, 2.45) is 0 Å². The first-order valence-corrected chi connectivity index (χ1v) is 14.2. The Balaban J connectivity index is 1.59. The molecule has 0 bridgehead atoms. The lowest BCUT2D eigenvalue weighted by Crippen LogP contribution is -2.30. The Morgan fingerprint density at radius 1 is 0.550 bits per heavy atom. The zero-order valence-electron chi connectivity index (χ0n) is 23.3. The van der Waals surface area contributed by atoms with Gasteiger partial charge in [-0.15, -0.1) is 0 Å². The van der Waals surface area contributed by atoms with Gasteiger partial charge in [0.1, 0.15) is 0 Å². The third kappa shape index (κ3) is 3.53. The molecule has 0 heterocycles. The fourth-order valence-corrected chi connectivity index (χ4v) is 6.94. The summed E-state index contributed by atoms with van der Waals surface area (Å²) in [7, 11) is 0. The molecule has 5 aromatic rings. The minimum Gasteiger partial charge on any atom is -0.0828 e. The van der Waals surface area contributed by atoms with Crippen molar-refractivity contribution in [2.45, 2.75) is 26.2 Å². The minimum atomic E-state index is -0.419. The van der Waals surface area contributed by atoms with Gasteiger partial charge in [0.05, 0.1) is 5.41 Å². The van der Waals surface area contributed by atoms with Crippen LogP contribution in [0.2, 0.25) is 0 Å². The van der Waals surface area contributed by atoms with Gasteiger partial charge in [-0.2, -0.15) is 0 Å². The van der Waals surface area contributed by atoms with Crippen LogP contribution in [0.1, 0.15) is 45.9 Å². The second-order valence-electron chi connectivity index (χ2n) is 11.0. The minimum absolute atomic E-state index is 0.419. The molecule has 0 aliphatic heterocycles. The van der Waals surface area contributed by atoms with E-state index in [0.717, 1.165) is 0 Å². The summed E-state index contributed by atoms with van der Waals surface area (Å²) in [5.74, 6) is 0. The van der Waals surface area contributed by atoms with Crippen LogP contribution >= 0.6 is 0 Å². The Bertz CT molecular complexity index is 1860. The first-order chi connectivity index (χ1) is 19.6. The normalized spacial score (nSPS) is 20.2. The average molecular weight is 513 g/mol. The molecule has 40 heavy (non-hydrogen) atoms. The van der Waals surface area contributed by atoms with E-state index in [2.05, 4.69) is 160 Å². The fraction of sp³-hybridized carbons (Fsp3) is 0.100. The van der Waals surface area contributed by atoms with Crippen molar-refractivity contribution in [3.8, 4) is 22.3 Å². The van der Waals surface area contributed by atoms with Crippen LogP contribution in [-0.4, -0.2) is 0 Å². The molecule has 0 aromatic heterocycles. The maximum absolute atomic E-state index is 2.41. The van der Waals surface area contributed by atoms with Crippen LogP contribution in [0, 0.1) is 13.8 Å². The molecule has 0 heteroatoms. The Morgan fingerprint density at radius 2 is 1.20 bits per heavy atom. The SMILES string of the molecule is C/C=C1/C=C\C=C(\c2ccccc2C)c2ccccc2C12c1ccc(C)cc1-c1cc(-c3ccccc3)ccc12. The molecule has 0 saturated carbocycles. The number of benzene rings is 5. The van der Waals surface area contributed by atoms with E-state index in [1.54, 1.807) is 0 Å². The number of aryl methyl sites for hydroxylation is 2. The standard InChI is InChI=1S/C40H32/c1-4-31-16-12-19-33(32-17-9-8-13-28(32)3)34-18-10-11-20-37(34)40(31)38-23-21-27(2)25-35(38)36-26-30(22-24-39(36)40)29-14-6-5-7-15-29/h4-26H,1-3H3/b16-12-,31-4-,33-19-. The number of fused-ring (bicyclic) bond motifs is 7. The van der Waals surface area contributed by atoms with Crippen molar-refractivity contribution in [3.63, 3.8) is 0 Å². The highest BCUT2D eigenvalue weighted by molar-refractivity contribution is 5.93. The van der Waals surface area contributed by atoms with Crippen LogP contribution in [0.3, 0.4) is 0 Å². The number of hydrogen-bond donors (Lipinski definition) is 0. The number of hydrogen-bond acceptors (Lipinski definition) is 0. The number of rotatable bonds is 2. The fourth-order valence-electron chi connectivity index (χ4n) is 6.94. The Labute approximate surface area is 237 Å². The van der Waals surface area contributed by atoms with Gasteiger partial charge in [0.15, 0.2) is 0 Å². The van der Waals surface area contributed by atoms with Gasteiger partial charge < -0.3 is 0 Å². The van der Waals surface area contributed by atoms with E-state index in [1.165, 1.54) is 72.3 Å². The molecule has 7 rings (SSSR count). The summed E-state index contributed by atoms with van der Waals surface area (Å²) in [5.41, 5.74) is 16.5. The van der Waals surface area contributed by atoms with E-state index in [0.29, 0.717) is 0 Å². The Morgan fingerprint density at radius 3 is 1.98 bits per heavy atom. The molecule has 1 atom stereocenters. The van der Waals surface area contributed by atoms with Gasteiger partial charge in [-0.1, -0.05) is 139 Å². The van der Waals surface area contributed by atoms with Crippen molar-refractivity contribution in [2.75, 3.05) is 0 Å². The first kappa shape index (κ1) is 24.4. The van der Waals surface area contributed by atoms with E-state index >= 15 is 0 Å². The molecule has 1 spiro atoms.